The Morgan fingerprint density at radius 3 is 3.00 bits per heavy atom. The lowest BCUT2D eigenvalue weighted by Crippen LogP contribution is -2.25. The third kappa shape index (κ3) is 5.28. The molecular formula is C12H23N3O. The summed E-state index contributed by atoms with van der Waals surface area (Å²) in [4.78, 5) is 0. The van der Waals surface area contributed by atoms with E-state index in [2.05, 4.69) is 23.4 Å². The molecule has 4 nitrogen and oxygen atoms in total. The van der Waals surface area contributed by atoms with Gasteiger partial charge in [-0.1, -0.05) is 6.92 Å². The van der Waals surface area contributed by atoms with E-state index in [1.165, 1.54) is 12.1 Å². The van der Waals surface area contributed by atoms with Gasteiger partial charge in [0.15, 0.2) is 0 Å². The third-order valence-corrected chi connectivity index (χ3v) is 2.64. The van der Waals surface area contributed by atoms with Crippen molar-refractivity contribution in [3.8, 4) is 0 Å². The predicted molar refractivity (Wildman–Crippen MR) is 65.4 cm³/mol. The molecule has 0 aliphatic heterocycles. The van der Waals surface area contributed by atoms with E-state index in [4.69, 9.17) is 4.74 Å². The molecule has 4 heteroatoms. The number of nitrogens with one attached hydrogen (secondary N) is 1. The van der Waals surface area contributed by atoms with Crippen molar-refractivity contribution in [3.05, 3.63) is 18.0 Å². The minimum absolute atomic E-state index is 0.680. The molecule has 0 aliphatic rings. The van der Waals surface area contributed by atoms with Gasteiger partial charge in [-0.25, -0.2) is 0 Å². The number of aryl methyl sites for hydroxylation is 2. The van der Waals surface area contributed by atoms with Crippen LogP contribution >= 0.6 is 0 Å². The van der Waals surface area contributed by atoms with Crippen LogP contribution in [0.1, 0.15) is 19.0 Å². The summed E-state index contributed by atoms with van der Waals surface area (Å²) in [6.07, 6.45) is 4.24. The van der Waals surface area contributed by atoms with Crippen LogP contribution in [-0.2, 0) is 18.2 Å². The monoisotopic (exact) mass is 225 g/mol. The van der Waals surface area contributed by atoms with Crippen molar-refractivity contribution in [1.29, 1.82) is 0 Å². The number of rotatable bonds is 8. The normalized spacial score (nSPS) is 12.9. The first kappa shape index (κ1) is 13.2. The molecule has 0 saturated carbocycles. The second-order valence-corrected chi connectivity index (χ2v) is 4.32. The Hall–Kier alpha value is -0.870. The number of nitrogens with zero attached hydrogens (tertiary/aromatic N) is 2. The van der Waals surface area contributed by atoms with Gasteiger partial charge in [-0.3, -0.25) is 4.68 Å². The van der Waals surface area contributed by atoms with Gasteiger partial charge < -0.3 is 10.1 Å². The number of hydrogen-bond acceptors (Lipinski definition) is 3. The van der Waals surface area contributed by atoms with Gasteiger partial charge in [0.1, 0.15) is 0 Å². The van der Waals surface area contributed by atoms with Crippen LogP contribution in [0.25, 0.3) is 0 Å². The van der Waals surface area contributed by atoms with Gasteiger partial charge in [-0.15, -0.1) is 0 Å². The molecule has 92 valence electrons. The molecule has 0 radical (unpaired) electrons. The van der Waals surface area contributed by atoms with Crippen LogP contribution in [0.4, 0.5) is 0 Å². The largest absolute Gasteiger partial charge is 0.383 e. The number of hydrogen-bond donors (Lipinski definition) is 1. The number of methoxy groups -OCH3 is 1. The first-order valence-corrected chi connectivity index (χ1v) is 5.90. The van der Waals surface area contributed by atoms with Gasteiger partial charge in [0.2, 0.25) is 0 Å². The fourth-order valence-corrected chi connectivity index (χ4v) is 1.62. The highest BCUT2D eigenvalue weighted by Gasteiger charge is 2.03. The Balaban J connectivity index is 2.08. The van der Waals surface area contributed by atoms with Crippen molar-refractivity contribution < 1.29 is 4.74 Å². The van der Waals surface area contributed by atoms with Crippen LogP contribution in [0.5, 0.6) is 0 Å². The summed E-state index contributed by atoms with van der Waals surface area (Å²) >= 11 is 0. The zero-order valence-electron chi connectivity index (χ0n) is 10.6. The molecule has 1 unspecified atom stereocenters. The Labute approximate surface area is 98.0 Å². The van der Waals surface area contributed by atoms with E-state index in [1.807, 2.05) is 17.9 Å². The molecule has 1 heterocycles. The Kier molecular flexibility index (Phi) is 6.11. The molecule has 1 aromatic rings. The fraction of sp³-hybridized carbons (Fsp3) is 0.750. The van der Waals surface area contributed by atoms with Gasteiger partial charge in [0.05, 0.1) is 12.3 Å². The van der Waals surface area contributed by atoms with Gasteiger partial charge in [0.25, 0.3) is 0 Å². The number of aromatic nitrogens is 2. The molecule has 1 N–H and O–H groups in total. The van der Waals surface area contributed by atoms with E-state index in [0.29, 0.717) is 5.92 Å². The van der Waals surface area contributed by atoms with Gasteiger partial charge in [-0.2, -0.15) is 5.10 Å². The number of ether oxygens (including phenoxy) is 1. The van der Waals surface area contributed by atoms with Crippen molar-refractivity contribution in [2.75, 3.05) is 26.8 Å². The molecule has 1 rings (SSSR count). The molecule has 1 atom stereocenters. The van der Waals surface area contributed by atoms with Crippen LogP contribution in [-0.4, -0.2) is 36.6 Å². The summed E-state index contributed by atoms with van der Waals surface area (Å²) in [6.45, 7) is 5.04. The molecule has 0 fully saturated rings. The summed E-state index contributed by atoms with van der Waals surface area (Å²) in [5, 5.41) is 7.75. The van der Waals surface area contributed by atoms with E-state index < -0.39 is 0 Å². The molecule has 0 bridgehead atoms. The van der Waals surface area contributed by atoms with Crippen molar-refractivity contribution >= 4 is 0 Å². The van der Waals surface area contributed by atoms with Gasteiger partial charge in [-0.05, 0) is 31.4 Å². The second kappa shape index (κ2) is 7.41. The topological polar surface area (TPSA) is 39.1 Å². The zero-order valence-corrected chi connectivity index (χ0v) is 10.6. The lowest BCUT2D eigenvalue weighted by molar-refractivity contribution is 0.198. The zero-order chi connectivity index (χ0) is 11.8. The highest BCUT2D eigenvalue weighted by Crippen LogP contribution is 2.06. The van der Waals surface area contributed by atoms with Crippen LogP contribution < -0.4 is 5.32 Å². The smallest absolute Gasteiger partial charge is 0.0624 e. The Bertz CT molecular complexity index is 286. The van der Waals surface area contributed by atoms with E-state index in [0.717, 1.165) is 26.1 Å². The maximum absolute atomic E-state index is 4.98. The molecule has 1 aromatic heterocycles. The van der Waals surface area contributed by atoms with Crippen molar-refractivity contribution in [2.24, 2.45) is 13.0 Å². The predicted octanol–water partition coefficient (Wildman–Crippen LogP) is 1.22. The van der Waals surface area contributed by atoms with Gasteiger partial charge >= 0.3 is 0 Å². The van der Waals surface area contributed by atoms with Crippen LogP contribution in [0, 0.1) is 5.92 Å². The van der Waals surface area contributed by atoms with Crippen molar-refractivity contribution in [2.45, 2.75) is 19.8 Å². The molecule has 0 aliphatic carbocycles. The summed E-state index contributed by atoms with van der Waals surface area (Å²) in [5.41, 5.74) is 1.19. The van der Waals surface area contributed by atoms with Crippen LogP contribution in [0.2, 0.25) is 0 Å². The van der Waals surface area contributed by atoms with E-state index >= 15 is 0 Å². The summed E-state index contributed by atoms with van der Waals surface area (Å²) in [7, 11) is 3.69. The minimum Gasteiger partial charge on any atom is -0.383 e. The molecular weight excluding hydrogens is 202 g/mol. The van der Waals surface area contributed by atoms with E-state index in [-0.39, 0.29) is 0 Å². The lowest BCUT2D eigenvalue weighted by atomic mass is 10.0. The molecule has 0 spiro atoms. The quantitative estimate of drug-likeness (QED) is 0.676. The molecule has 0 amide bonds. The standard InChI is InChI=1S/C12H23N3O/c1-11(10-13-7-9-16-3)4-5-12-6-8-15(2)14-12/h6,8,11,13H,4-5,7,9-10H2,1-3H3. The second-order valence-electron chi connectivity index (χ2n) is 4.32. The third-order valence-electron chi connectivity index (χ3n) is 2.64. The van der Waals surface area contributed by atoms with E-state index in [1.54, 1.807) is 7.11 Å². The maximum Gasteiger partial charge on any atom is 0.0624 e. The maximum atomic E-state index is 4.98. The SMILES string of the molecule is COCCNCC(C)CCc1ccn(C)n1. The molecule has 0 saturated heterocycles. The summed E-state index contributed by atoms with van der Waals surface area (Å²) < 4.78 is 6.84. The van der Waals surface area contributed by atoms with Crippen LogP contribution in [0.15, 0.2) is 12.3 Å². The van der Waals surface area contributed by atoms with Gasteiger partial charge in [0, 0.05) is 26.9 Å². The fourth-order valence-electron chi connectivity index (χ4n) is 1.62. The Morgan fingerprint density at radius 1 is 1.56 bits per heavy atom. The first-order valence-electron chi connectivity index (χ1n) is 5.90. The Morgan fingerprint density at radius 2 is 2.38 bits per heavy atom. The minimum atomic E-state index is 0.680. The van der Waals surface area contributed by atoms with Crippen molar-refractivity contribution in [3.63, 3.8) is 0 Å². The van der Waals surface area contributed by atoms with Crippen LogP contribution in [0.3, 0.4) is 0 Å². The average Bonchev–Trinajstić information content (AvgIpc) is 2.68. The lowest BCUT2D eigenvalue weighted by Gasteiger charge is -2.11. The highest BCUT2D eigenvalue weighted by atomic mass is 16.5. The average molecular weight is 225 g/mol. The molecule has 0 aromatic carbocycles. The first-order chi connectivity index (χ1) is 7.72. The highest BCUT2D eigenvalue weighted by molar-refractivity contribution is 4.98. The summed E-state index contributed by atoms with van der Waals surface area (Å²) in [5.74, 6) is 0.680. The summed E-state index contributed by atoms with van der Waals surface area (Å²) in [6, 6.07) is 2.09. The van der Waals surface area contributed by atoms with E-state index in [9.17, 15) is 0 Å². The van der Waals surface area contributed by atoms with Crippen molar-refractivity contribution in [1.82, 2.24) is 15.1 Å². The molecule has 16 heavy (non-hydrogen) atoms.